The van der Waals surface area contributed by atoms with Crippen molar-refractivity contribution in [1.82, 2.24) is 10.6 Å². The summed E-state index contributed by atoms with van der Waals surface area (Å²) in [5.41, 5.74) is 2.09. The first kappa shape index (κ1) is 25.9. The molecular weight excluding hydrogens is 507 g/mol. The van der Waals surface area contributed by atoms with Gasteiger partial charge in [0.25, 0.3) is 0 Å². The van der Waals surface area contributed by atoms with Crippen molar-refractivity contribution in [3.63, 3.8) is 0 Å². The van der Waals surface area contributed by atoms with Crippen LogP contribution in [0.15, 0.2) is 41.4 Å². The highest BCUT2D eigenvalue weighted by molar-refractivity contribution is 14.0. The van der Waals surface area contributed by atoms with Crippen molar-refractivity contribution in [3.05, 3.63) is 59.2 Å². The molecule has 2 aromatic carbocycles. The fraction of sp³-hybridized carbons (Fsp3) is 0.381. The normalized spacial score (nSPS) is 10.9. The second-order valence-electron chi connectivity index (χ2n) is 6.23. The van der Waals surface area contributed by atoms with Crippen LogP contribution >= 0.6 is 24.0 Å². The van der Waals surface area contributed by atoms with Gasteiger partial charge in [0, 0.05) is 32.3 Å². The number of nitrogens with one attached hydrogen (secondary N) is 2. The van der Waals surface area contributed by atoms with Crippen LogP contribution in [0.5, 0.6) is 11.5 Å². The molecule has 0 atom stereocenters. The van der Waals surface area contributed by atoms with Crippen molar-refractivity contribution in [1.29, 1.82) is 0 Å². The molecule has 30 heavy (non-hydrogen) atoms. The van der Waals surface area contributed by atoms with Crippen LogP contribution in [0.4, 0.5) is 8.78 Å². The first-order valence-electron chi connectivity index (χ1n) is 9.27. The van der Waals surface area contributed by atoms with Crippen LogP contribution in [0.2, 0.25) is 0 Å². The largest absolute Gasteiger partial charge is 0.491 e. The zero-order valence-corrected chi connectivity index (χ0v) is 19.7. The molecule has 0 fully saturated rings. The maximum absolute atomic E-state index is 13.5. The zero-order valence-electron chi connectivity index (χ0n) is 17.3. The second kappa shape index (κ2) is 14.0. The van der Waals surface area contributed by atoms with E-state index in [4.69, 9.17) is 14.2 Å². The number of hydrogen-bond acceptors (Lipinski definition) is 4. The molecule has 0 unspecified atom stereocenters. The Balaban J connectivity index is 0.00000450. The van der Waals surface area contributed by atoms with E-state index >= 15 is 0 Å². The van der Waals surface area contributed by atoms with Gasteiger partial charge in [0.1, 0.15) is 24.8 Å². The van der Waals surface area contributed by atoms with E-state index in [-0.39, 0.29) is 36.3 Å². The lowest BCUT2D eigenvalue weighted by atomic mass is 10.1. The lowest BCUT2D eigenvalue weighted by Crippen LogP contribution is -2.39. The molecular formula is C21H28F2IN3O3. The molecule has 2 N–H and O–H groups in total. The molecule has 0 aliphatic rings. The van der Waals surface area contributed by atoms with Gasteiger partial charge in [0.2, 0.25) is 0 Å². The van der Waals surface area contributed by atoms with Gasteiger partial charge in [-0.25, -0.2) is 8.78 Å². The third-order valence-corrected chi connectivity index (χ3v) is 3.98. The van der Waals surface area contributed by atoms with E-state index in [1.807, 2.05) is 25.1 Å². The Morgan fingerprint density at radius 3 is 2.43 bits per heavy atom. The van der Waals surface area contributed by atoms with Gasteiger partial charge in [-0.1, -0.05) is 12.1 Å². The number of halogens is 3. The Labute approximate surface area is 193 Å². The predicted octanol–water partition coefficient (Wildman–Crippen LogP) is 3.66. The van der Waals surface area contributed by atoms with Gasteiger partial charge < -0.3 is 24.8 Å². The lowest BCUT2D eigenvalue weighted by Gasteiger charge is -2.15. The molecule has 0 heterocycles. The average molecular weight is 535 g/mol. The first-order valence-corrected chi connectivity index (χ1v) is 9.27. The molecule has 0 amide bonds. The summed E-state index contributed by atoms with van der Waals surface area (Å²) >= 11 is 0. The molecule has 6 nitrogen and oxygen atoms in total. The van der Waals surface area contributed by atoms with Gasteiger partial charge in [0.15, 0.2) is 17.5 Å². The van der Waals surface area contributed by atoms with Crippen molar-refractivity contribution in [2.75, 3.05) is 40.5 Å². The van der Waals surface area contributed by atoms with E-state index < -0.39 is 11.6 Å². The Bertz CT molecular complexity index is 822. The van der Waals surface area contributed by atoms with Crippen molar-refractivity contribution < 1.29 is 23.0 Å². The van der Waals surface area contributed by atoms with Crippen LogP contribution in [-0.4, -0.2) is 46.5 Å². The highest BCUT2D eigenvalue weighted by atomic mass is 127. The molecule has 166 valence electrons. The minimum atomic E-state index is -0.729. The fourth-order valence-corrected chi connectivity index (χ4v) is 2.50. The third-order valence-electron chi connectivity index (χ3n) is 3.98. The maximum atomic E-state index is 13.5. The van der Waals surface area contributed by atoms with Crippen LogP contribution < -0.4 is 20.1 Å². The molecule has 0 aliphatic carbocycles. The molecule has 0 radical (unpaired) electrons. The van der Waals surface area contributed by atoms with Crippen LogP contribution in [0.25, 0.3) is 0 Å². The standard InChI is InChI=1S/C21H27F2N3O3.HI/c1-15-4-5-16(20(12-15)29-11-10-27-3)14-26-21(24-2)25-8-9-28-19-7-6-17(22)13-18(19)23;/h4-7,12-13H,8-11,14H2,1-3H3,(H2,24,25,26);1H. The Kier molecular flexibility index (Phi) is 12.1. The van der Waals surface area contributed by atoms with Crippen molar-refractivity contribution in [2.45, 2.75) is 13.5 Å². The maximum Gasteiger partial charge on any atom is 0.191 e. The van der Waals surface area contributed by atoms with Crippen molar-refractivity contribution >= 4 is 29.9 Å². The quantitative estimate of drug-likeness (QED) is 0.211. The lowest BCUT2D eigenvalue weighted by molar-refractivity contribution is 0.145. The summed E-state index contributed by atoms with van der Waals surface area (Å²) in [6.07, 6.45) is 0. The number of nitrogens with zero attached hydrogens (tertiary/aromatic N) is 1. The van der Waals surface area contributed by atoms with E-state index in [0.29, 0.717) is 32.3 Å². The smallest absolute Gasteiger partial charge is 0.191 e. The molecule has 0 bridgehead atoms. The molecule has 9 heteroatoms. The van der Waals surface area contributed by atoms with Crippen LogP contribution in [0.3, 0.4) is 0 Å². The number of rotatable bonds is 10. The summed E-state index contributed by atoms with van der Waals surface area (Å²) < 4.78 is 42.6. The number of ether oxygens (including phenoxy) is 3. The van der Waals surface area contributed by atoms with Gasteiger partial charge in [0.05, 0.1) is 13.2 Å². The monoisotopic (exact) mass is 535 g/mol. The van der Waals surface area contributed by atoms with E-state index in [1.165, 1.54) is 6.07 Å². The van der Waals surface area contributed by atoms with E-state index in [0.717, 1.165) is 29.0 Å². The fourth-order valence-electron chi connectivity index (χ4n) is 2.50. The summed E-state index contributed by atoms with van der Waals surface area (Å²) in [5, 5.41) is 6.28. The molecule has 0 saturated heterocycles. The SMILES string of the molecule is CN=C(NCCOc1ccc(F)cc1F)NCc1ccc(C)cc1OCCOC.I. The van der Waals surface area contributed by atoms with E-state index in [1.54, 1.807) is 14.2 Å². The molecule has 0 aliphatic heterocycles. The predicted molar refractivity (Wildman–Crippen MR) is 124 cm³/mol. The van der Waals surface area contributed by atoms with Gasteiger partial charge in [-0.15, -0.1) is 24.0 Å². The van der Waals surface area contributed by atoms with Crippen LogP contribution in [0, 0.1) is 18.6 Å². The summed E-state index contributed by atoms with van der Waals surface area (Å²) in [7, 11) is 3.28. The zero-order chi connectivity index (χ0) is 21.1. The topological polar surface area (TPSA) is 64.1 Å². The van der Waals surface area contributed by atoms with Gasteiger partial charge in [-0.05, 0) is 30.7 Å². The highest BCUT2D eigenvalue weighted by Crippen LogP contribution is 2.20. The summed E-state index contributed by atoms with van der Waals surface area (Å²) in [6.45, 7) is 4.08. The van der Waals surface area contributed by atoms with Gasteiger partial charge in [-0.2, -0.15) is 0 Å². The number of aryl methyl sites for hydroxylation is 1. The second-order valence-corrected chi connectivity index (χ2v) is 6.23. The van der Waals surface area contributed by atoms with Crippen molar-refractivity contribution in [2.24, 2.45) is 4.99 Å². The number of methoxy groups -OCH3 is 1. The van der Waals surface area contributed by atoms with E-state index in [2.05, 4.69) is 15.6 Å². The average Bonchev–Trinajstić information content (AvgIpc) is 2.70. The van der Waals surface area contributed by atoms with Crippen LogP contribution in [0.1, 0.15) is 11.1 Å². The van der Waals surface area contributed by atoms with Gasteiger partial charge >= 0.3 is 0 Å². The first-order chi connectivity index (χ1) is 14.0. The Morgan fingerprint density at radius 2 is 1.73 bits per heavy atom. The molecule has 2 rings (SSSR count). The molecule has 0 saturated carbocycles. The molecule has 2 aromatic rings. The summed E-state index contributed by atoms with van der Waals surface area (Å²) in [4.78, 5) is 4.15. The van der Waals surface area contributed by atoms with Crippen molar-refractivity contribution in [3.8, 4) is 11.5 Å². The minimum absolute atomic E-state index is 0. The Hall–Kier alpha value is -2.14. The molecule has 0 spiro atoms. The van der Waals surface area contributed by atoms with Crippen LogP contribution in [-0.2, 0) is 11.3 Å². The Morgan fingerprint density at radius 1 is 0.967 bits per heavy atom. The van der Waals surface area contributed by atoms with Gasteiger partial charge in [-0.3, -0.25) is 4.99 Å². The minimum Gasteiger partial charge on any atom is -0.491 e. The third kappa shape index (κ3) is 8.70. The number of hydrogen-bond donors (Lipinski definition) is 2. The molecule has 0 aromatic heterocycles. The summed E-state index contributed by atoms with van der Waals surface area (Å²) in [6, 6.07) is 9.20. The number of guanidine groups is 1. The number of benzene rings is 2. The summed E-state index contributed by atoms with van der Waals surface area (Å²) in [5.74, 6) is -0.00231. The number of aliphatic imine (C=N–C) groups is 1. The highest BCUT2D eigenvalue weighted by Gasteiger charge is 2.07. The van der Waals surface area contributed by atoms with E-state index in [9.17, 15) is 8.78 Å².